The van der Waals surface area contributed by atoms with Crippen molar-refractivity contribution in [2.24, 2.45) is 0 Å². The van der Waals surface area contributed by atoms with E-state index in [-0.39, 0.29) is 0 Å². The maximum absolute atomic E-state index is 3.40. The second kappa shape index (κ2) is 2.73. The lowest BCUT2D eigenvalue weighted by Crippen LogP contribution is -2.06. The maximum atomic E-state index is 3.40. The van der Waals surface area contributed by atoms with Crippen LogP contribution in [0.1, 0.15) is 11.5 Å². The summed E-state index contributed by atoms with van der Waals surface area (Å²) in [5, 5.41) is 0.586. The fourth-order valence-electron chi connectivity index (χ4n) is 1.90. The summed E-state index contributed by atoms with van der Waals surface area (Å²) in [7, 11) is 0. The minimum Gasteiger partial charge on any atom is -0.113 e. The molecule has 3 rings (SSSR count). The molecular formula is C12H9S+. The van der Waals surface area contributed by atoms with E-state index in [0.717, 1.165) is 0 Å². The van der Waals surface area contributed by atoms with Crippen molar-refractivity contribution < 1.29 is 0 Å². The molecule has 2 aliphatic rings. The van der Waals surface area contributed by atoms with Crippen molar-refractivity contribution in [3.05, 3.63) is 54.1 Å². The number of benzene rings is 1. The zero-order valence-corrected chi connectivity index (χ0v) is 7.92. The third-order valence-corrected chi connectivity index (χ3v) is 3.85. The highest BCUT2D eigenvalue weighted by Crippen LogP contribution is 2.47. The van der Waals surface area contributed by atoms with Crippen LogP contribution in [-0.2, 0) is 0 Å². The van der Waals surface area contributed by atoms with Gasteiger partial charge in [0.05, 0.1) is 17.4 Å². The second-order valence-corrected chi connectivity index (χ2v) is 4.54. The van der Waals surface area contributed by atoms with Crippen LogP contribution in [0.5, 0.6) is 0 Å². The van der Waals surface area contributed by atoms with Gasteiger partial charge in [-0.25, -0.2) is 0 Å². The monoisotopic (exact) mass is 185 g/mol. The minimum absolute atomic E-state index is 0.492. The van der Waals surface area contributed by atoms with E-state index in [1.807, 2.05) is 17.8 Å². The Morgan fingerprint density at radius 1 is 1.23 bits per heavy atom. The molecule has 0 fully saturated rings. The Bertz CT molecular complexity index is 390. The van der Waals surface area contributed by atoms with E-state index in [4.69, 9.17) is 0 Å². The van der Waals surface area contributed by atoms with Gasteiger partial charge in [-0.2, -0.15) is 0 Å². The molecule has 0 aromatic heterocycles. The van der Waals surface area contributed by atoms with Gasteiger partial charge in [0.2, 0.25) is 0 Å². The van der Waals surface area contributed by atoms with Crippen LogP contribution in [-0.4, -0.2) is 5.25 Å². The van der Waals surface area contributed by atoms with Gasteiger partial charge in [0.1, 0.15) is 5.92 Å². The third-order valence-electron chi connectivity index (χ3n) is 2.52. The van der Waals surface area contributed by atoms with Crippen molar-refractivity contribution in [3.8, 4) is 0 Å². The Labute approximate surface area is 82.4 Å². The molecule has 0 radical (unpaired) electrons. The molecule has 1 aromatic carbocycles. The molecule has 2 unspecified atom stereocenters. The summed E-state index contributed by atoms with van der Waals surface area (Å²) in [6.07, 6.45) is 9.80. The van der Waals surface area contributed by atoms with Crippen LogP contribution < -0.4 is 0 Å². The van der Waals surface area contributed by atoms with Crippen molar-refractivity contribution in [2.45, 2.75) is 16.1 Å². The molecule has 13 heavy (non-hydrogen) atoms. The Morgan fingerprint density at radius 2 is 2.15 bits per heavy atom. The van der Waals surface area contributed by atoms with Crippen LogP contribution in [0.4, 0.5) is 0 Å². The van der Waals surface area contributed by atoms with E-state index < -0.39 is 0 Å². The first-order valence-electron chi connectivity index (χ1n) is 4.47. The van der Waals surface area contributed by atoms with E-state index in [9.17, 15) is 0 Å². The summed E-state index contributed by atoms with van der Waals surface area (Å²) in [4.78, 5) is 1.42. The van der Waals surface area contributed by atoms with Crippen molar-refractivity contribution in [1.29, 1.82) is 0 Å². The molecule has 1 aromatic rings. The van der Waals surface area contributed by atoms with Crippen LogP contribution in [0.15, 0.2) is 47.4 Å². The number of rotatable bonds is 0. The Balaban J connectivity index is 2.12. The number of allylic oxidation sites excluding steroid dienone is 3. The molecule has 1 aliphatic carbocycles. The van der Waals surface area contributed by atoms with Crippen LogP contribution >= 0.6 is 11.8 Å². The van der Waals surface area contributed by atoms with Gasteiger partial charge < -0.3 is 0 Å². The molecule has 0 N–H and O–H groups in total. The number of fused-ring (bicyclic) bond motifs is 3. The smallest absolute Gasteiger partial charge is 0.113 e. The normalized spacial score (nSPS) is 28.0. The van der Waals surface area contributed by atoms with Gasteiger partial charge in [-0.05, 0) is 6.07 Å². The van der Waals surface area contributed by atoms with Crippen LogP contribution in [0, 0.1) is 6.08 Å². The number of hydrogen-bond donors (Lipinski definition) is 0. The lowest BCUT2D eigenvalue weighted by Gasteiger charge is -2.05. The minimum atomic E-state index is 0.492. The molecule has 0 saturated carbocycles. The zero-order chi connectivity index (χ0) is 8.67. The van der Waals surface area contributed by atoms with Crippen molar-refractivity contribution in [3.63, 3.8) is 0 Å². The van der Waals surface area contributed by atoms with E-state index in [1.54, 1.807) is 0 Å². The summed E-state index contributed by atoms with van der Waals surface area (Å²) in [6, 6.07) is 8.64. The van der Waals surface area contributed by atoms with Crippen molar-refractivity contribution in [1.82, 2.24) is 0 Å². The number of hydrogen-bond acceptors (Lipinski definition) is 1. The number of thioether (sulfide) groups is 1. The summed E-state index contributed by atoms with van der Waals surface area (Å²) in [6.45, 7) is 0. The average molecular weight is 185 g/mol. The second-order valence-electron chi connectivity index (χ2n) is 3.32. The molecule has 1 aliphatic heterocycles. The van der Waals surface area contributed by atoms with Gasteiger partial charge in [-0.15, -0.1) is 11.8 Å². The molecule has 0 saturated heterocycles. The summed E-state index contributed by atoms with van der Waals surface area (Å²) in [5.41, 5.74) is 1.44. The highest BCUT2D eigenvalue weighted by atomic mass is 32.2. The van der Waals surface area contributed by atoms with Crippen LogP contribution in [0.2, 0.25) is 0 Å². The van der Waals surface area contributed by atoms with Crippen LogP contribution in [0.25, 0.3) is 0 Å². The van der Waals surface area contributed by atoms with Crippen molar-refractivity contribution in [2.75, 3.05) is 0 Å². The first-order valence-corrected chi connectivity index (χ1v) is 5.35. The Morgan fingerprint density at radius 3 is 3.15 bits per heavy atom. The fourth-order valence-corrected chi connectivity index (χ4v) is 3.21. The molecule has 2 atom stereocenters. The molecule has 1 heteroatoms. The lowest BCUT2D eigenvalue weighted by molar-refractivity contribution is 0.857. The van der Waals surface area contributed by atoms with Gasteiger partial charge in [0, 0.05) is 16.5 Å². The van der Waals surface area contributed by atoms with E-state index >= 15 is 0 Å². The van der Waals surface area contributed by atoms with Gasteiger partial charge in [0.15, 0.2) is 6.08 Å². The van der Waals surface area contributed by atoms with E-state index in [0.29, 0.717) is 11.2 Å². The fraction of sp³-hybridized carbons (Fsp3) is 0.167. The predicted octanol–water partition coefficient (Wildman–Crippen LogP) is 3.17. The third kappa shape index (κ3) is 1.05. The van der Waals surface area contributed by atoms with Crippen LogP contribution in [0.3, 0.4) is 0 Å². The molecule has 1 heterocycles. The lowest BCUT2D eigenvalue weighted by atomic mass is 9.93. The SMILES string of the molecule is [C+]1=CC=CC2Sc3ccccc3C12. The highest BCUT2D eigenvalue weighted by Gasteiger charge is 2.36. The maximum Gasteiger partial charge on any atom is 0.155 e. The van der Waals surface area contributed by atoms with E-state index in [1.165, 1.54) is 10.5 Å². The summed E-state index contributed by atoms with van der Waals surface area (Å²) in [5.74, 6) is 0.492. The Hall–Kier alpha value is -1.04. The highest BCUT2D eigenvalue weighted by molar-refractivity contribution is 8.00. The summed E-state index contributed by atoms with van der Waals surface area (Å²) < 4.78 is 0. The molecule has 0 spiro atoms. The topological polar surface area (TPSA) is 0 Å². The molecule has 62 valence electrons. The molecule has 0 nitrogen and oxygen atoms in total. The zero-order valence-electron chi connectivity index (χ0n) is 7.10. The first-order chi connectivity index (χ1) is 6.45. The van der Waals surface area contributed by atoms with Gasteiger partial charge in [-0.3, -0.25) is 0 Å². The van der Waals surface area contributed by atoms with Gasteiger partial charge in [-0.1, -0.05) is 18.2 Å². The quantitative estimate of drug-likeness (QED) is 0.559. The molecule has 0 amide bonds. The van der Waals surface area contributed by atoms with E-state index in [2.05, 4.69) is 42.5 Å². The van der Waals surface area contributed by atoms with Gasteiger partial charge in [0.25, 0.3) is 0 Å². The largest absolute Gasteiger partial charge is 0.155 e. The molecule has 0 bridgehead atoms. The Kier molecular flexibility index (Phi) is 1.55. The van der Waals surface area contributed by atoms with Crippen molar-refractivity contribution >= 4 is 11.8 Å². The standard InChI is InChI=1S/C12H9S/c1-3-7-11-9(5-1)10-6-2-4-8-12(10)13-11/h1-5,7-8,10,12H/q+1. The first kappa shape index (κ1) is 7.37. The predicted molar refractivity (Wildman–Crippen MR) is 55.8 cm³/mol. The summed E-state index contributed by atoms with van der Waals surface area (Å²) >= 11 is 1.95. The average Bonchev–Trinajstić information content (AvgIpc) is 2.56. The van der Waals surface area contributed by atoms with Gasteiger partial charge >= 0.3 is 0 Å². The molecular weight excluding hydrogens is 176 g/mol.